The second-order valence-electron chi connectivity index (χ2n) is 11.9. The Morgan fingerprint density at radius 1 is 1.00 bits per heavy atom. The first-order valence-electron chi connectivity index (χ1n) is 12.6. The molecule has 4 fully saturated rings. The molecule has 5 nitrogen and oxygen atoms in total. The summed E-state index contributed by atoms with van der Waals surface area (Å²) in [5.74, 6) is 2.30. The quantitative estimate of drug-likeness (QED) is 0.432. The van der Waals surface area contributed by atoms with E-state index in [4.69, 9.17) is 4.84 Å². The van der Waals surface area contributed by atoms with Gasteiger partial charge in [0.05, 0.1) is 18.3 Å². The highest BCUT2D eigenvalue weighted by molar-refractivity contribution is 5.16. The van der Waals surface area contributed by atoms with E-state index in [1.807, 2.05) is 0 Å². The largest absolute Gasteiger partial charge is 0.393 e. The molecule has 0 aromatic rings. The number of hydrogen-bond donors (Lipinski definition) is 3. The molecule has 8 atom stereocenters. The number of aliphatic hydroxyl groups is 2. The van der Waals surface area contributed by atoms with E-state index in [0.717, 1.165) is 64.5 Å². The fourth-order valence-corrected chi connectivity index (χ4v) is 8.38. The van der Waals surface area contributed by atoms with Crippen molar-refractivity contribution in [3.63, 3.8) is 0 Å². The number of fused-ring (bicyclic) bond motifs is 5. The van der Waals surface area contributed by atoms with E-state index in [9.17, 15) is 10.2 Å². The Hall–Kier alpha value is -0.200. The molecule has 0 aliphatic heterocycles. The minimum atomic E-state index is -0.504. The van der Waals surface area contributed by atoms with Crippen LogP contribution in [0.4, 0.5) is 0 Å². The van der Waals surface area contributed by atoms with Crippen LogP contribution in [-0.2, 0) is 4.84 Å². The van der Waals surface area contributed by atoms with Crippen molar-refractivity contribution in [2.45, 2.75) is 89.8 Å². The highest BCUT2D eigenvalue weighted by Gasteiger charge is 2.66. The molecule has 0 amide bonds. The molecule has 0 aromatic heterocycles. The Balaban J connectivity index is 1.39. The maximum atomic E-state index is 12.2. The molecule has 174 valence electrons. The van der Waals surface area contributed by atoms with Gasteiger partial charge < -0.3 is 20.0 Å². The lowest BCUT2D eigenvalue weighted by molar-refractivity contribution is -0.210. The molecule has 0 heterocycles. The molecular weight excluding hydrogens is 376 g/mol. The average molecular weight is 423 g/mol. The molecule has 30 heavy (non-hydrogen) atoms. The van der Waals surface area contributed by atoms with Gasteiger partial charge >= 0.3 is 0 Å². The van der Waals surface area contributed by atoms with Gasteiger partial charge in [0.1, 0.15) is 0 Å². The van der Waals surface area contributed by atoms with Crippen LogP contribution in [0.2, 0.25) is 0 Å². The molecule has 3 N–H and O–H groups in total. The molecule has 4 saturated carbocycles. The van der Waals surface area contributed by atoms with E-state index in [2.05, 4.69) is 38.3 Å². The third-order valence-corrected chi connectivity index (χ3v) is 10.4. The first kappa shape index (κ1) is 23.0. The molecule has 3 unspecified atom stereocenters. The Bertz CT molecular complexity index is 601. The van der Waals surface area contributed by atoms with E-state index in [1.165, 1.54) is 12.8 Å². The Morgan fingerprint density at radius 3 is 2.57 bits per heavy atom. The van der Waals surface area contributed by atoms with Crippen LogP contribution in [0.5, 0.6) is 0 Å². The third kappa shape index (κ3) is 3.77. The van der Waals surface area contributed by atoms with Crippen LogP contribution in [0.15, 0.2) is 0 Å². The van der Waals surface area contributed by atoms with Gasteiger partial charge in [-0.3, -0.25) is 0 Å². The number of hydrogen-bond acceptors (Lipinski definition) is 5. The van der Waals surface area contributed by atoms with E-state index in [1.54, 1.807) is 0 Å². The normalized spacial score (nSPS) is 48.3. The molecular formula is C25H46N2O3. The van der Waals surface area contributed by atoms with Crippen molar-refractivity contribution in [2.75, 3.05) is 33.8 Å². The first-order chi connectivity index (χ1) is 14.2. The number of nitrogens with one attached hydrogen (secondary N) is 1. The summed E-state index contributed by atoms with van der Waals surface area (Å²) in [6, 6.07) is 0. The number of aliphatic hydroxyl groups excluding tert-OH is 1. The molecule has 0 aromatic carbocycles. The second-order valence-corrected chi connectivity index (χ2v) is 11.9. The first-order valence-corrected chi connectivity index (χ1v) is 12.6. The highest BCUT2D eigenvalue weighted by atomic mass is 16.6. The van der Waals surface area contributed by atoms with Crippen LogP contribution in [0, 0.1) is 34.5 Å². The smallest absolute Gasteiger partial charge is 0.0809 e. The van der Waals surface area contributed by atoms with Gasteiger partial charge in [0.25, 0.3) is 0 Å². The summed E-state index contributed by atoms with van der Waals surface area (Å²) in [5.41, 5.74) is 3.02. The summed E-state index contributed by atoms with van der Waals surface area (Å²) in [6.07, 6.45) is 11.0. The molecule has 4 rings (SSSR count). The zero-order valence-electron chi connectivity index (χ0n) is 19.8. The van der Waals surface area contributed by atoms with Crippen molar-refractivity contribution in [1.82, 2.24) is 10.4 Å². The standard InChI is InChI=1S/C25H46N2O3/c1-23-11-8-20(28)17-19(23)5-6-22-21(23)9-12-24(2)18(7-13-25(22,24)29)10-14-26-30-16-15-27(3)4/h18-22,26,28-29H,5-17H2,1-4H3/t18?,19?,20?,21-,22-,23+,24-,25-/m1/s1. The Morgan fingerprint density at radius 2 is 1.80 bits per heavy atom. The summed E-state index contributed by atoms with van der Waals surface area (Å²) < 4.78 is 0. The van der Waals surface area contributed by atoms with Crippen LogP contribution in [-0.4, -0.2) is 60.6 Å². The van der Waals surface area contributed by atoms with Crippen LogP contribution in [0.1, 0.15) is 78.1 Å². The van der Waals surface area contributed by atoms with Crippen LogP contribution in [0.3, 0.4) is 0 Å². The number of likely N-dealkylation sites (N-methyl/N-ethyl adjacent to an activating group) is 1. The minimum absolute atomic E-state index is 0.0386. The van der Waals surface area contributed by atoms with Crippen LogP contribution in [0.25, 0.3) is 0 Å². The maximum Gasteiger partial charge on any atom is 0.0809 e. The summed E-state index contributed by atoms with van der Waals surface area (Å²) in [7, 11) is 4.12. The fourth-order valence-electron chi connectivity index (χ4n) is 8.38. The van der Waals surface area contributed by atoms with E-state index < -0.39 is 5.60 Å². The molecule has 4 aliphatic rings. The Labute approximate surface area is 183 Å². The van der Waals surface area contributed by atoms with Crippen LogP contribution < -0.4 is 5.48 Å². The predicted molar refractivity (Wildman–Crippen MR) is 120 cm³/mol. The lowest BCUT2D eigenvalue weighted by Gasteiger charge is -2.63. The minimum Gasteiger partial charge on any atom is -0.393 e. The van der Waals surface area contributed by atoms with Crippen molar-refractivity contribution in [3.8, 4) is 0 Å². The summed E-state index contributed by atoms with van der Waals surface area (Å²) in [5, 5.41) is 22.4. The number of rotatable bonds is 7. The van der Waals surface area contributed by atoms with Crippen molar-refractivity contribution in [3.05, 3.63) is 0 Å². The maximum absolute atomic E-state index is 12.2. The van der Waals surface area contributed by atoms with Gasteiger partial charge in [0.2, 0.25) is 0 Å². The molecule has 0 saturated heterocycles. The number of hydroxylamine groups is 1. The van der Waals surface area contributed by atoms with E-state index in [-0.39, 0.29) is 11.5 Å². The van der Waals surface area contributed by atoms with Gasteiger partial charge in [-0.1, -0.05) is 13.8 Å². The predicted octanol–water partition coefficient (Wildman–Crippen LogP) is 3.59. The summed E-state index contributed by atoms with van der Waals surface area (Å²) >= 11 is 0. The van der Waals surface area contributed by atoms with Gasteiger partial charge in [-0.25, -0.2) is 5.48 Å². The fraction of sp³-hybridized carbons (Fsp3) is 1.00. The van der Waals surface area contributed by atoms with Gasteiger partial charge in [0.15, 0.2) is 0 Å². The monoisotopic (exact) mass is 422 g/mol. The average Bonchev–Trinajstić information content (AvgIpc) is 2.96. The molecule has 0 bridgehead atoms. The molecule has 0 spiro atoms. The van der Waals surface area contributed by atoms with Gasteiger partial charge in [-0.15, -0.1) is 0 Å². The van der Waals surface area contributed by atoms with E-state index >= 15 is 0 Å². The third-order valence-electron chi connectivity index (χ3n) is 10.4. The highest BCUT2D eigenvalue weighted by Crippen LogP contribution is 2.69. The lowest BCUT2D eigenvalue weighted by Crippen LogP contribution is -2.62. The van der Waals surface area contributed by atoms with Gasteiger partial charge in [0, 0.05) is 13.1 Å². The summed E-state index contributed by atoms with van der Waals surface area (Å²) in [6.45, 7) is 7.39. The summed E-state index contributed by atoms with van der Waals surface area (Å²) in [4.78, 5) is 7.72. The molecule has 4 aliphatic carbocycles. The van der Waals surface area contributed by atoms with Crippen molar-refractivity contribution in [1.29, 1.82) is 0 Å². The topological polar surface area (TPSA) is 65.0 Å². The van der Waals surface area contributed by atoms with Gasteiger partial charge in [-0.2, -0.15) is 0 Å². The van der Waals surface area contributed by atoms with Crippen molar-refractivity contribution >= 4 is 0 Å². The van der Waals surface area contributed by atoms with Crippen molar-refractivity contribution < 1.29 is 15.1 Å². The van der Waals surface area contributed by atoms with Gasteiger partial charge in [-0.05, 0) is 113 Å². The zero-order valence-corrected chi connectivity index (χ0v) is 19.8. The Kier molecular flexibility index (Phi) is 6.61. The second kappa shape index (κ2) is 8.62. The lowest BCUT2D eigenvalue weighted by atomic mass is 9.43. The SMILES string of the molecule is CN(C)CCONCCC1CC[C@@]2(O)[C@@H]3CCC4CC(O)CC[C@]4(C)[C@@H]3CC[C@]12C. The molecule has 0 radical (unpaired) electrons. The zero-order chi connectivity index (χ0) is 21.6. The van der Waals surface area contributed by atoms with Crippen molar-refractivity contribution in [2.24, 2.45) is 34.5 Å². The molecule has 5 heteroatoms. The van der Waals surface area contributed by atoms with Crippen LogP contribution >= 0.6 is 0 Å². The number of nitrogens with zero attached hydrogens (tertiary/aromatic N) is 1. The van der Waals surface area contributed by atoms with E-state index in [0.29, 0.717) is 35.7 Å².